The predicted molar refractivity (Wildman–Crippen MR) is 53.4 cm³/mol. The minimum atomic E-state index is 0.0486. The summed E-state index contributed by atoms with van der Waals surface area (Å²) in [6.07, 6.45) is 11.7. The monoisotopic (exact) mass is 178 g/mol. The molecular formula is C12H18O. The zero-order chi connectivity index (χ0) is 9.31. The maximum atomic E-state index is 11.7. The van der Waals surface area contributed by atoms with Crippen LogP contribution in [0.15, 0.2) is 12.2 Å². The normalized spacial score (nSPS) is 38.4. The topological polar surface area (TPSA) is 17.1 Å². The van der Waals surface area contributed by atoms with Crippen LogP contribution < -0.4 is 0 Å². The Hall–Kier alpha value is -0.590. The lowest BCUT2D eigenvalue weighted by Crippen LogP contribution is -2.40. The SMILES string of the molecule is CC(=O)C12CCC=CC1CCCC2. The van der Waals surface area contributed by atoms with E-state index in [0.29, 0.717) is 11.7 Å². The summed E-state index contributed by atoms with van der Waals surface area (Å²) in [5.41, 5.74) is 0.0486. The van der Waals surface area contributed by atoms with E-state index in [1.54, 1.807) is 6.92 Å². The first-order valence-electron chi connectivity index (χ1n) is 5.43. The predicted octanol–water partition coefficient (Wildman–Crippen LogP) is 3.10. The highest BCUT2D eigenvalue weighted by atomic mass is 16.1. The molecule has 2 rings (SSSR count). The largest absolute Gasteiger partial charge is 0.299 e. The van der Waals surface area contributed by atoms with Crippen molar-refractivity contribution < 1.29 is 4.79 Å². The molecule has 2 unspecified atom stereocenters. The van der Waals surface area contributed by atoms with Gasteiger partial charge in [-0.25, -0.2) is 0 Å². The molecule has 2 aliphatic rings. The van der Waals surface area contributed by atoms with Crippen LogP contribution in [-0.4, -0.2) is 5.78 Å². The first-order chi connectivity index (χ1) is 6.26. The van der Waals surface area contributed by atoms with Gasteiger partial charge in [-0.15, -0.1) is 0 Å². The third kappa shape index (κ3) is 1.34. The molecule has 0 radical (unpaired) electrons. The average Bonchev–Trinajstić information content (AvgIpc) is 2.17. The molecule has 0 heterocycles. The van der Waals surface area contributed by atoms with Crippen LogP contribution >= 0.6 is 0 Å². The second-order valence-electron chi connectivity index (χ2n) is 4.53. The van der Waals surface area contributed by atoms with E-state index in [4.69, 9.17) is 0 Å². The van der Waals surface area contributed by atoms with Crippen LogP contribution in [0.1, 0.15) is 45.4 Å². The van der Waals surface area contributed by atoms with E-state index in [1.165, 1.54) is 19.3 Å². The van der Waals surface area contributed by atoms with Gasteiger partial charge in [-0.3, -0.25) is 4.79 Å². The Labute approximate surface area is 80.2 Å². The van der Waals surface area contributed by atoms with Crippen molar-refractivity contribution in [2.45, 2.75) is 45.4 Å². The highest BCUT2D eigenvalue weighted by Gasteiger charge is 2.43. The second kappa shape index (κ2) is 3.28. The summed E-state index contributed by atoms with van der Waals surface area (Å²) in [4.78, 5) is 11.7. The average molecular weight is 178 g/mol. The summed E-state index contributed by atoms with van der Waals surface area (Å²) >= 11 is 0. The van der Waals surface area contributed by atoms with Crippen molar-refractivity contribution in [3.05, 3.63) is 12.2 Å². The van der Waals surface area contributed by atoms with E-state index in [9.17, 15) is 4.79 Å². The van der Waals surface area contributed by atoms with E-state index in [1.807, 2.05) is 0 Å². The molecule has 72 valence electrons. The Balaban J connectivity index is 2.29. The Morgan fingerprint density at radius 2 is 2.23 bits per heavy atom. The third-order valence-corrected chi connectivity index (χ3v) is 3.92. The summed E-state index contributed by atoms with van der Waals surface area (Å²) < 4.78 is 0. The molecule has 1 heteroatoms. The molecule has 13 heavy (non-hydrogen) atoms. The van der Waals surface area contributed by atoms with Crippen molar-refractivity contribution >= 4 is 5.78 Å². The maximum Gasteiger partial charge on any atom is 0.136 e. The van der Waals surface area contributed by atoms with E-state index in [0.717, 1.165) is 19.3 Å². The first kappa shape index (κ1) is 8.98. The maximum absolute atomic E-state index is 11.7. The molecule has 0 aliphatic heterocycles. The number of hydrogen-bond acceptors (Lipinski definition) is 1. The number of rotatable bonds is 1. The van der Waals surface area contributed by atoms with Crippen LogP contribution in [0.4, 0.5) is 0 Å². The number of fused-ring (bicyclic) bond motifs is 1. The van der Waals surface area contributed by atoms with E-state index >= 15 is 0 Å². The summed E-state index contributed by atoms with van der Waals surface area (Å²) in [6.45, 7) is 1.79. The summed E-state index contributed by atoms with van der Waals surface area (Å²) in [5, 5.41) is 0. The number of allylic oxidation sites excluding steroid dienone is 2. The quantitative estimate of drug-likeness (QED) is 0.564. The fraction of sp³-hybridized carbons (Fsp3) is 0.750. The van der Waals surface area contributed by atoms with Crippen molar-refractivity contribution in [3.63, 3.8) is 0 Å². The van der Waals surface area contributed by atoms with Crippen LogP contribution in [0.5, 0.6) is 0 Å². The van der Waals surface area contributed by atoms with Crippen LogP contribution in [0, 0.1) is 11.3 Å². The van der Waals surface area contributed by atoms with Gasteiger partial charge in [-0.05, 0) is 38.5 Å². The number of carbonyl (C=O) groups excluding carboxylic acids is 1. The molecular weight excluding hydrogens is 160 g/mol. The van der Waals surface area contributed by atoms with Crippen LogP contribution in [0.25, 0.3) is 0 Å². The minimum absolute atomic E-state index is 0.0486. The van der Waals surface area contributed by atoms with Gasteiger partial charge in [-0.2, -0.15) is 0 Å². The minimum Gasteiger partial charge on any atom is -0.299 e. The standard InChI is InChI=1S/C12H18O/c1-10(13)12-8-4-2-6-11(12)7-3-5-9-12/h2,6,11H,3-5,7-9H2,1H3. The lowest BCUT2D eigenvalue weighted by Gasteiger charge is -2.43. The molecule has 2 atom stereocenters. The highest BCUT2D eigenvalue weighted by molar-refractivity contribution is 5.83. The van der Waals surface area contributed by atoms with E-state index < -0.39 is 0 Å². The van der Waals surface area contributed by atoms with Gasteiger partial charge < -0.3 is 0 Å². The first-order valence-corrected chi connectivity index (χ1v) is 5.43. The molecule has 2 aliphatic carbocycles. The van der Waals surface area contributed by atoms with Crippen molar-refractivity contribution in [1.82, 2.24) is 0 Å². The van der Waals surface area contributed by atoms with Gasteiger partial charge in [0.1, 0.15) is 5.78 Å². The summed E-state index contributed by atoms with van der Waals surface area (Å²) in [7, 11) is 0. The van der Waals surface area contributed by atoms with Gasteiger partial charge in [-0.1, -0.05) is 25.0 Å². The van der Waals surface area contributed by atoms with Crippen molar-refractivity contribution in [2.75, 3.05) is 0 Å². The lowest BCUT2D eigenvalue weighted by atomic mass is 9.60. The Kier molecular flexibility index (Phi) is 2.27. The number of hydrogen-bond donors (Lipinski definition) is 0. The van der Waals surface area contributed by atoms with E-state index in [-0.39, 0.29) is 5.41 Å². The van der Waals surface area contributed by atoms with Crippen molar-refractivity contribution in [2.24, 2.45) is 11.3 Å². The lowest BCUT2D eigenvalue weighted by molar-refractivity contribution is -0.131. The third-order valence-electron chi connectivity index (χ3n) is 3.92. The molecule has 0 bridgehead atoms. The molecule has 0 aromatic heterocycles. The van der Waals surface area contributed by atoms with Crippen molar-refractivity contribution in [3.8, 4) is 0 Å². The van der Waals surface area contributed by atoms with Gasteiger partial charge in [0.05, 0.1) is 0 Å². The molecule has 1 nitrogen and oxygen atoms in total. The number of ketones is 1. The smallest absolute Gasteiger partial charge is 0.136 e. The van der Waals surface area contributed by atoms with Gasteiger partial charge in [0.25, 0.3) is 0 Å². The number of carbonyl (C=O) groups is 1. The van der Waals surface area contributed by atoms with Gasteiger partial charge >= 0.3 is 0 Å². The van der Waals surface area contributed by atoms with Crippen LogP contribution in [0.2, 0.25) is 0 Å². The Bertz CT molecular complexity index is 242. The second-order valence-corrected chi connectivity index (χ2v) is 4.53. The zero-order valence-electron chi connectivity index (χ0n) is 8.38. The highest BCUT2D eigenvalue weighted by Crippen LogP contribution is 2.48. The molecule has 0 aromatic rings. The van der Waals surface area contributed by atoms with Crippen LogP contribution in [-0.2, 0) is 4.79 Å². The van der Waals surface area contributed by atoms with Crippen LogP contribution in [0.3, 0.4) is 0 Å². The number of Topliss-reactive ketones (excluding diaryl/α,β-unsaturated/α-hetero) is 1. The van der Waals surface area contributed by atoms with Crippen molar-refractivity contribution in [1.29, 1.82) is 0 Å². The van der Waals surface area contributed by atoms with Gasteiger partial charge in [0.15, 0.2) is 0 Å². The molecule has 1 saturated carbocycles. The van der Waals surface area contributed by atoms with E-state index in [2.05, 4.69) is 12.2 Å². The fourth-order valence-electron chi connectivity index (χ4n) is 3.07. The van der Waals surface area contributed by atoms with Gasteiger partial charge in [0.2, 0.25) is 0 Å². The molecule has 0 N–H and O–H groups in total. The molecule has 1 fully saturated rings. The Morgan fingerprint density at radius 3 is 2.92 bits per heavy atom. The fourth-order valence-corrected chi connectivity index (χ4v) is 3.07. The van der Waals surface area contributed by atoms with Gasteiger partial charge in [0, 0.05) is 5.41 Å². The summed E-state index contributed by atoms with van der Waals surface area (Å²) in [6, 6.07) is 0. The molecule has 0 aromatic carbocycles. The molecule has 0 spiro atoms. The summed E-state index contributed by atoms with van der Waals surface area (Å²) in [5.74, 6) is 0.994. The zero-order valence-corrected chi connectivity index (χ0v) is 8.38. The molecule has 0 amide bonds. The molecule has 0 saturated heterocycles. The Morgan fingerprint density at radius 1 is 1.38 bits per heavy atom.